The highest BCUT2D eigenvalue weighted by atomic mass is 19.1. The molecule has 11 nitrogen and oxygen atoms in total. The molecule has 3 N–H and O–H groups in total. The van der Waals surface area contributed by atoms with Gasteiger partial charge in [0, 0.05) is 13.1 Å². The van der Waals surface area contributed by atoms with E-state index in [-0.39, 0.29) is 30.4 Å². The van der Waals surface area contributed by atoms with Crippen molar-refractivity contribution in [1.29, 1.82) is 0 Å². The van der Waals surface area contributed by atoms with E-state index in [1.54, 1.807) is 6.07 Å². The van der Waals surface area contributed by atoms with Crippen LogP contribution >= 0.6 is 0 Å². The summed E-state index contributed by atoms with van der Waals surface area (Å²) in [6, 6.07) is 3.95. The number of nitrogens with one attached hydrogen (secondary N) is 2. The Balaban J connectivity index is 1.61. The first-order valence-electron chi connectivity index (χ1n) is 7.94. The third-order valence-electron chi connectivity index (χ3n) is 4.22. The maximum absolute atomic E-state index is 13.5. The monoisotopic (exact) mass is 376 g/mol. The Bertz CT molecular complexity index is 1060. The lowest BCUT2D eigenvalue weighted by atomic mass is 9.83. The zero-order chi connectivity index (χ0) is 19.0. The summed E-state index contributed by atoms with van der Waals surface area (Å²) < 4.78 is 24.3. The Morgan fingerprint density at radius 1 is 1.33 bits per heavy atom. The van der Waals surface area contributed by atoms with Crippen molar-refractivity contribution in [3.63, 3.8) is 0 Å². The van der Waals surface area contributed by atoms with Gasteiger partial charge in [-0.2, -0.15) is 0 Å². The van der Waals surface area contributed by atoms with Gasteiger partial charge in [0.05, 0.1) is 6.04 Å². The molecule has 1 aliphatic carbocycles. The first-order valence-corrected chi connectivity index (χ1v) is 7.94. The Hall–Kier alpha value is -3.70. The van der Waals surface area contributed by atoms with E-state index in [2.05, 4.69) is 26.1 Å². The molecule has 1 aliphatic rings. The van der Waals surface area contributed by atoms with Crippen LogP contribution in [0.5, 0.6) is 0 Å². The predicted octanol–water partition coefficient (Wildman–Crippen LogP) is 0.850. The summed E-state index contributed by atoms with van der Waals surface area (Å²) in [5.74, 6) is -0.870. The fraction of sp³-hybridized carbons (Fsp3) is 0.267. The molecule has 2 heterocycles. The molecule has 1 aromatic carbocycles. The van der Waals surface area contributed by atoms with Crippen molar-refractivity contribution in [2.24, 2.45) is 0 Å². The fourth-order valence-corrected chi connectivity index (χ4v) is 2.97. The summed E-state index contributed by atoms with van der Waals surface area (Å²) in [7, 11) is 0. The van der Waals surface area contributed by atoms with Gasteiger partial charge in [-0.15, -0.1) is 0 Å². The highest BCUT2D eigenvalue weighted by molar-refractivity contribution is 5.66. The first kappa shape index (κ1) is 16.8. The number of aromatic nitrogens is 4. The average molecular weight is 376 g/mol. The second-order valence-electron chi connectivity index (χ2n) is 5.83. The molecule has 27 heavy (non-hydrogen) atoms. The molecule has 2 aromatic heterocycles. The topological polar surface area (TPSA) is 148 Å². The molecule has 140 valence electrons. The minimum Gasteiger partial charge on any atom is -0.465 e. The summed E-state index contributed by atoms with van der Waals surface area (Å²) in [6.45, 7) is 0.315. The molecule has 0 bridgehead atoms. The molecular weight excluding hydrogens is 363 g/mol. The number of hydrogen-bond donors (Lipinski definition) is 3. The molecule has 0 aliphatic heterocycles. The van der Waals surface area contributed by atoms with Crippen molar-refractivity contribution in [3.05, 3.63) is 45.7 Å². The van der Waals surface area contributed by atoms with Gasteiger partial charge in [-0.25, -0.2) is 23.2 Å². The van der Waals surface area contributed by atoms with Crippen molar-refractivity contribution in [1.82, 2.24) is 25.4 Å². The molecule has 0 saturated carbocycles. The molecular formula is C15H13FN6O5. The number of fused-ring (bicyclic) bond motifs is 1. The van der Waals surface area contributed by atoms with E-state index in [0.717, 1.165) is 5.56 Å². The molecule has 1 atom stereocenters. The van der Waals surface area contributed by atoms with Crippen LogP contribution in [0, 0.1) is 5.82 Å². The van der Waals surface area contributed by atoms with Gasteiger partial charge in [-0.1, -0.05) is 11.2 Å². The Kier molecular flexibility index (Phi) is 4.06. The zero-order valence-electron chi connectivity index (χ0n) is 13.7. The van der Waals surface area contributed by atoms with Crippen LogP contribution in [-0.4, -0.2) is 44.3 Å². The third kappa shape index (κ3) is 3.01. The van der Waals surface area contributed by atoms with Crippen LogP contribution in [0.1, 0.15) is 17.2 Å². The number of carboxylic acid groups (broad SMARTS) is 1. The van der Waals surface area contributed by atoms with E-state index in [1.165, 1.54) is 16.7 Å². The summed E-state index contributed by atoms with van der Waals surface area (Å²) in [6.07, 6.45) is -0.642. The van der Waals surface area contributed by atoms with Gasteiger partial charge >= 0.3 is 11.8 Å². The molecule has 1 amide bonds. The maximum atomic E-state index is 13.5. The molecule has 0 saturated heterocycles. The molecule has 0 fully saturated rings. The fourth-order valence-electron chi connectivity index (χ4n) is 2.97. The molecule has 1 unspecified atom stereocenters. The zero-order valence-corrected chi connectivity index (χ0v) is 13.7. The molecule has 3 aromatic rings. The summed E-state index contributed by atoms with van der Waals surface area (Å²) in [5.41, 5.74) is 1.72. The van der Waals surface area contributed by atoms with Crippen LogP contribution in [-0.2, 0) is 6.42 Å². The largest absolute Gasteiger partial charge is 0.465 e. The third-order valence-corrected chi connectivity index (χ3v) is 4.22. The summed E-state index contributed by atoms with van der Waals surface area (Å²) in [4.78, 5) is 22.6. The van der Waals surface area contributed by atoms with Crippen LogP contribution in [0.25, 0.3) is 11.5 Å². The quantitative estimate of drug-likeness (QED) is 0.532. The van der Waals surface area contributed by atoms with Gasteiger partial charge in [0.1, 0.15) is 5.82 Å². The second kappa shape index (κ2) is 6.55. The first-order chi connectivity index (χ1) is 13.0. The average Bonchev–Trinajstić information content (AvgIpc) is 3.21. The number of anilines is 1. The lowest BCUT2D eigenvalue weighted by molar-refractivity contribution is 0.195. The molecule has 0 radical (unpaired) electrons. The Morgan fingerprint density at radius 2 is 2.19 bits per heavy atom. The standard InChI is InChI=1S/C15H13FN6O5/c16-8-2-1-7-5-10(9(7)6-8)22-13(21-26-15(22)25)11-12(20-27-19-11)17-3-4-18-14(23)24/h1-2,6,10,18H,3-5H2,(H,17,20)(H,23,24). The lowest BCUT2D eigenvalue weighted by Gasteiger charge is -2.30. The van der Waals surface area contributed by atoms with Gasteiger partial charge in [0.2, 0.25) is 11.6 Å². The highest BCUT2D eigenvalue weighted by Gasteiger charge is 2.34. The van der Waals surface area contributed by atoms with Crippen LogP contribution in [0.3, 0.4) is 0 Å². The Labute approximate surface area is 149 Å². The van der Waals surface area contributed by atoms with Crippen LogP contribution in [0.4, 0.5) is 15.0 Å². The highest BCUT2D eigenvalue weighted by Crippen LogP contribution is 2.38. The number of benzene rings is 1. The minimum atomic E-state index is -1.16. The second-order valence-corrected chi connectivity index (χ2v) is 5.83. The minimum absolute atomic E-state index is 0.0786. The van der Waals surface area contributed by atoms with E-state index >= 15 is 0 Å². The van der Waals surface area contributed by atoms with E-state index in [4.69, 9.17) is 14.3 Å². The maximum Gasteiger partial charge on any atom is 0.442 e. The van der Waals surface area contributed by atoms with Gasteiger partial charge < -0.3 is 15.7 Å². The summed E-state index contributed by atoms with van der Waals surface area (Å²) >= 11 is 0. The van der Waals surface area contributed by atoms with Crippen LogP contribution < -0.4 is 16.4 Å². The number of hydrogen-bond acceptors (Lipinski definition) is 8. The number of nitrogens with zero attached hydrogens (tertiary/aromatic N) is 4. The number of halogens is 1. The molecule has 4 rings (SSSR count). The van der Waals surface area contributed by atoms with E-state index in [0.29, 0.717) is 12.0 Å². The predicted molar refractivity (Wildman–Crippen MR) is 86.8 cm³/mol. The Morgan fingerprint density at radius 3 is 3.00 bits per heavy atom. The normalized spacial score (nSPS) is 15.1. The van der Waals surface area contributed by atoms with E-state index in [9.17, 15) is 14.0 Å². The number of carbonyl (C=O) groups is 1. The van der Waals surface area contributed by atoms with Crippen LogP contribution in [0.15, 0.2) is 32.1 Å². The van der Waals surface area contributed by atoms with Gasteiger partial charge in [0.15, 0.2) is 5.69 Å². The lowest BCUT2D eigenvalue weighted by Crippen LogP contribution is -2.31. The van der Waals surface area contributed by atoms with Crippen molar-refractivity contribution in [3.8, 4) is 11.5 Å². The molecule has 0 spiro atoms. The van der Waals surface area contributed by atoms with Crippen molar-refractivity contribution in [2.45, 2.75) is 12.5 Å². The van der Waals surface area contributed by atoms with Gasteiger partial charge in [0.25, 0.3) is 0 Å². The van der Waals surface area contributed by atoms with Crippen LogP contribution in [0.2, 0.25) is 0 Å². The number of rotatable bonds is 6. The van der Waals surface area contributed by atoms with Crippen molar-refractivity contribution in [2.75, 3.05) is 18.4 Å². The van der Waals surface area contributed by atoms with E-state index < -0.39 is 23.7 Å². The molecule has 12 heteroatoms. The smallest absolute Gasteiger partial charge is 0.442 e. The van der Waals surface area contributed by atoms with Gasteiger partial charge in [-0.05, 0) is 40.0 Å². The SMILES string of the molecule is O=C(O)NCCNc1nonc1-c1noc(=O)n1C1Cc2ccc(F)cc21. The van der Waals surface area contributed by atoms with Gasteiger partial charge in [-0.3, -0.25) is 4.52 Å². The van der Waals surface area contributed by atoms with Crippen molar-refractivity contribution < 1.29 is 23.4 Å². The number of amides is 1. The van der Waals surface area contributed by atoms with Crippen molar-refractivity contribution >= 4 is 11.9 Å². The van der Waals surface area contributed by atoms with E-state index in [1.807, 2.05) is 0 Å². The summed E-state index contributed by atoms with van der Waals surface area (Å²) in [5, 5.41) is 24.8.